The minimum absolute atomic E-state index is 0.748. The van der Waals surface area contributed by atoms with Gasteiger partial charge in [0.05, 0.1) is 0 Å². The van der Waals surface area contributed by atoms with E-state index >= 15 is 0 Å². The summed E-state index contributed by atoms with van der Waals surface area (Å²) in [7, 11) is -1.30. The summed E-state index contributed by atoms with van der Waals surface area (Å²) in [6, 6.07) is 40.7. The van der Waals surface area contributed by atoms with Gasteiger partial charge in [0.15, 0.2) is 0 Å². The van der Waals surface area contributed by atoms with E-state index < -0.39 is 21.0 Å². The summed E-state index contributed by atoms with van der Waals surface area (Å²) < 4.78 is 13.8. The van der Waals surface area contributed by atoms with Crippen molar-refractivity contribution in [3.63, 3.8) is 0 Å². The van der Waals surface area contributed by atoms with E-state index in [0.29, 0.717) is 0 Å². The topological polar surface area (TPSA) is 38.7 Å². The zero-order valence-electron chi connectivity index (χ0n) is 22.7. The predicted molar refractivity (Wildman–Crippen MR) is 166 cm³/mol. The zero-order valence-corrected chi connectivity index (χ0v) is 24.5. The Hall–Kier alpha value is -2.32. The van der Waals surface area contributed by atoms with E-state index in [-0.39, 0.29) is 0 Å². The summed E-state index contributed by atoms with van der Waals surface area (Å²) in [6.45, 7) is 0.452. The molecule has 38 heavy (non-hydrogen) atoms. The van der Waals surface area contributed by atoms with E-state index in [2.05, 4.69) is 135 Å². The average molecular weight is 544 g/mol. The molecule has 0 amide bonds. The Kier molecular flexibility index (Phi) is 7.42. The van der Waals surface area contributed by atoms with Crippen LogP contribution < -0.4 is 0 Å². The summed E-state index contributed by atoms with van der Waals surface area (Å²) in [5.74, 6) is 0. The van der Waals surface area contributed by atoms with Gasteiger partial charge in [0, 0.05) is 0 Å². The van der Waals surface area contributed by atoms with Gasteiger partial charge in [-0.15, -0.1) is 0 Å². The summed E-state index contributed by atoms with van der Waals surface area (Å²) in [6.07, 6.45) is 3.82. The van der Waals surface area contributed by atoms with Crippen LogP contribution in [0.1, 0.15) is 27.8 Å². The van der Waals surface area contributed by atoms with Crippen LogP contribution in [-0.4, -0.2) is 32.3 Å². The van der Waals surface area contributed by atoms with E-state index in [4.69, 9.17) is 8.88 Å². The first kappa shape index (κ1) is 27.3. The van der Waals surface area contributed by atoms with Crippen molar-refractivity contribution in [2.45, 2.75) is 30.8 Å². The standard InChI is InChI=1S/C32H39BO3P2/c1-37(2,3)26-31-21-13-14-22-32(31)27-38(36-33(34)35-37,23-28-15-7-4-8-16-28,24-29-17-9-5-10-18-29)25-30-19-11-6-12-20-30/h4-22,34H,23-27H2,1-3H3. The molecule has 0 bridgehead atoms. The molecule has 0 radical (unpaired) electrons. The molecular weight excluding hydrogens is 505 g/mol. The van der Waals surface area contributed by atoms with Gasteiger partial charge in [-0.25, -0.2) is 0 Å². The van der Waals surface area contributed by atoms with Crippen LogP contribution in [0.5, 0.6) is 0 Å². The SMILES string of the molecule is CP1(C)(C)Cc2ccccc2CP(Cc2ccccc2)(Cc2ccccc2)(Cc2ccccc2)OB(O)O1. The number of fused-ring (bicyclic) bond motifs is 1. The molecule has 5 rings (SSSR count). The molecule has 0 fully saturated rings. The van der Waals surface area contributed by atoms with Gasteiger partial charge in [-0.1, -0.05) is 0 Å². The van der Waals surface area contributed by atoms with Crippen molar-refractivity contribution in [1.82, 2.24) is 0 Å². The van der Waals surface area contributed by atoms with Crippen LogP contribution >= 0.6 is 13.7 Å². The minimum atomic E-state index is -3.36. The molecular formula is C32H39BO3P2. The Morgan fingerprint density at radius 1 is 0.553 bits per heavy atom. The molecule has 4 aromatic carbocycles. The number of hydrogen-bond donors (Lipinski definition) is 1. The van der Waals surface area contributed by atoms with E-state index in [1.54, 1.807) is 0 Å². The molecule has 0 saturated heterocycles. The third kappa shape index (κ3) is 6.45. The molecule has 0 saturated carbocycles. The van der Waals surface area contributed by atoms with Crippen LogP contribution in [0, 0.1) is 0 Å². The Balaban J connectivity index is 1.79. The molecule has 198 valence electrons. The summed E-state index contributed by atoms with van der Waals surface area (Å²) in [4.78, 5) is 0. The molecule has 0 aliphatic carbocycles. The van der Waals surface area contributed by atoms with Gasteiger partial charge in [-0.3, -0.25) is 0 Å². The Morgan fingerprint density at radius 3 is 1.34 bits per heavy atom. The monoisotopic (exact) mass is 544 g/mol. The number of benzene rings is 4. The Morgan fingerprint density at radius 2 is 0.921 bits per heavy atom. The average Bonchev–Trinajstić information content (AvgIpc) is 2.88. The molecule has 1 aliphatic rings. The molecule has 0 aromatic heterocycles. The van der Waals surface area contributed by atoms with Crippen LogP contribution in [0.2, 0.25) is 0 Å². The van der Waals surface area contributed by atoms with Gasteiger partial charge in [0.2, 0.25) is 0 Å². The number of hydrogen-bond acceptors (Lipinski definition) is 3. The van der Waals surface area contributed by atoms with Gasteiger partial charge in [-0.2, -0.15) is 0 Å². The molecule has 0 unspecified atom stereocenters. The summed E-state index contributed by atoms with van der Waals surface area (Å²) in [5, 5.41) is 11.7. The molecule has 6 heteroatoms. The zero-order chi connectivity index (χ0) is 26.7. The first-order valence-corrected chi connectivity index (χ1v) is 19.9. The Bertz CT molecular complexity index is 1270. The molecule has 4 aromatic rings. The summed E-state index contributed by atoms with van der Waals surface area (Å²) in [5.41, 5.74) is 6.29. The maximum absolute atomic E-state index is 11.7. The van der Waals surface area contributed by atoms with Crippen LogP contribution in [0.15, 0.2) is 115 Å². The maximum atomic E-state index is 11.7. The third-order valence-corrected chi connectivity index (χ3v) is 15.3. The van der Waals surface area contributed by atoms with Crippen molar-refractivity contribution in [2.24, 2.45) is 0 Å². The molecule has 1 N–H and O–H groups in total. The fourth-order valence-electron chi connectivity index (χ4n) is 6.14. The van der Waals surface area contributed by atoms with Crippen molar-refractivity contribution in [2.75, 3.05) is 20.0 Å². The third-order valence-electron chi connectivity index (χ3n) is 7.54. The second-order valence-corrected chi connectivity index (χ2v) is 24.0. The van der Waals surface area contributed by atoms with Gasteiger partial charge < -0.3 is 0 Å². The van der Waals surface area contributed by atoms with Crippen molar-refractivity contribution in [3.05, 3.63) is 143 Å². The molecule has 0 atom stereocenters. The van der Waals surface area contributed by atoms with E-state index in [1.165, 1.54) is 27.8 Å². The van der Waals surface area contributed by atoms with Crippen LogP contribution in [0.4, 0.5) is 0 Å². The van der Waals surface area contributed by atoms with Gasteiger partial charge in [0.25, 0.3) is 0 Å². The van der Waals surface area contributed by atoms with Crippen molar-refractivity contribution in [1.29, 1.82) is 0 Å². The predicted octanol–water partition coefficient (Wildman–Crippen LogP) is 8.14. The summed E-state index contributed by atoms with van der Waals surface area (Å²) >= 11 is 0. The Labute approximate surface area is 228 Å². The molecule has 3 nitrogen and oxygen atoms in total. The van der Waals surface area contributed by atoms with Crippen molar-refractivity contribution < 1.29 is 13.9 Å². The quantitative estimate of drug-likeness (QED) is 0.197. The second kappa shape index (κ2) is 10.3. The van der Waals surface area contributed by atoms with Crippen LogP contribution in [-0.2, 0) is 39.7 Å². The van der Waals surface area contributed by atoms with Gasteiger partial charge >= 0.3 is 229 Å². The van der Waals surface area contributed by atoms with Gasteiger partial charge in [-0.05, 0) is 0 Å². The fourth-order valence-corrected chi connectivity index (χ4v) is 14.6. The first-order chi connectivity index (χ1) is 18.1. The van der Waals surface area contributed by atoms with E-state index in [1.807, 2.05) is 0 Å². The van der Waals surface area contributed by atoms with Crippen LogP contribution in [0.3, 0.4) is 0 Å². The molecule has 0 spiro atoms. The number of rotatable bonds is 6. The first-order valence-electron chi connectivity index (χ1n) is 13.3. The van der Waals surface area contributed by atoms with Crippen molar-refractivity contribution in [3.8, 4) is 0 Å². The van der Waals surface area contributed by atoms with E-state index in [0.717, 1.165) is 30.8 Å². The van der Waals surface area contributed by atoms with Crippen molar-refractivity contribution >= 4 is 21.0 Å². The van der Waals surface area contributed by atoms with Crippen LogP contribution in [0.25, 0.3) is 0 Å². The van der Waals surface area contributed by atoms with E-state index in [9.17, 15) is 5.02 Å². The molecule has 1 heterocycles. The molecule has 1 aliphatic heterocycles. The normalized spacial score (nSPS) is 21.6. The second-order valence-electron chi connectivity index (χ2n) is 12.4. The fraction of sp³-hybridized carbons (Fsp3) is 0.250. The van der Waals surface area contributed by atoms with Gasteiger partial charge in [0.1, 0.15) is 0 Å².